The molecule has 0 unspecified atom stereocenters. The second-order valence-corrected chi connectivity index (χ2v) is 10.1. The summed E-state index contributed by atoms with van der Waals surface area (Å²) in [5, 5.41) is 7.42. The Morgan fingerprint density at radius 3 is 2.94 bits per heavy atom. The van der Waals surface area contributed by atoms with E-state index in [1.54, 1.807) is 23.7 Å². The molecule has 1 aliphatic heterocycles. The summed E-state index contributed by atoms with van der Waals surface area (Å²) >= 11 is 1.35. The van der Waals surface area contributed by atoms with E-state index in [0.717, 1.165) is 48.0 Å². The highest BCUT2D eigenvalue weighted by molar-refractivity contribution is 7.20. The van der Waals surface area contributed by atoms with Crippen molar-refractivity contribution in [2.24, 2.45) is 5.92 Å². The highest BCUT2D eigenvalue weighted by Crippen LogP contribution is 2.30. The summed E-state index contributed by atoms with van der Waals surface area (Å²) in [6.45, 7) is 4.88. The van der Waals surface area contributed by atoms with Crippen molar-refractivity contribution in [2.45, 2.75) is 32.2 Å². The summed E-state index contributed by atoms with van der Waals surface area (Å²) in [4.78, 5) is 25.5. The van der Waals surface area contributed by atoms with Crippen molar-refractivity contribution in [1.29, 1.82) is 0 Å². The van der Waals surface area contributed by atoms with E-state index in [1.807, 2.05) is 18.2 Å². The van der Waals surface area contributed by atoms with Gasteiger partial charge >= 0.3 is 0 Å². The maximum absolute atomic E-state index is 14.3. The van der Waals surface area contributed by atoms with Crippen molar-refractivity contribution in [3.8, 4) is 0 Å². The molecule has 170 valence electrons. The number of aryl methyl sites for hydroxylation is 1. The molecule has 1 amide bonds. The van der Waals surface area contributed by atoms with Crippen LogP contribution in [-0.4, -0.2) is 46.0 Å². The first-order valence-corrected chi connectivity index (χ1v) is 12.2. The third-order valence-electron chi connectivity index (χ3n) is 6.38. The van der Waals surface area contributed by atoms with Gasteiger partial charge in [-0.1, -0.05) is 0 Å². The van der Waals surface area contributed by atoms with Gasteiger partial charge in [-0.25, -0.2) is 14.4 Å². The molecule has 1 saturated heterocycles. The maximum atomic E-state index is 14.3. The quantitative estimate of drug-likeness (QED) is 0.447. The van der Waals surface area contributed by atoms with Gasteiger partial charge in [0.2, 0.25) is 0 Å². The number of hydrogen-bond donors (Lipinski definition) is 2. The van der Waals surface area contributed by atoms with E-state index < -0.39 is 5.82 Å². The van der Waals surface area contributed by atoms with Gasteiger partial charge in [0.05, 0.1) is 16.3 Å². The van der Waals surface area contributed by atoms with Crippen LogP contribution in [0.4, 0.5) is 15.9 Å². The smallest absolute Gasteiger partial charge is 0.265 e. The van der Waals surface area contributed by atoms with Crippen LogP contribution in [0.3, 0.4) is 0 Å². The normalized spacial score (nSPS) is 18.5. The first-order valence-electron chi connectivity index (χ1n) is 11.4. The lowest BCUT2D eigenvalue weighted by atomic mass is 10.2. The summed E-state index contributed by atoms with van der Waals surface area (Å²) in [5.41, 5.74) is 1.35. The number of rotatable bonds is 6. The van der Waals surface area contributed by atoms with Crippen LogP contribution in [0.25, 0.3) is 15.9 Å². The molecule has 1 saturated carbocycles. The summed E-state index contributed by atoms with van der Waals surface area (Å²) in [7, 11) is 0. The van der Waals surface area contributed by atoms with Gasteiger partial charge in [0.1, 0.15) is 10.6 Å². The highest BCUT2D eigenvalue weighted by atomic mass is 32.1. The van der Waals surface area contributed by atoms with Gasteiger partial charge in [-0.2, -0.15) is 0 Å². The molecule has 7 nitrogen and oxygen atoms in total. The Morgan fingerprint density at radius 1 is 1.21 bits per heavy atom. The minimum atomic E-state index is -0.473. The fourth-order valence-corrected chi connectivity index (χ4v) is 5.35. The minimum absolute atomic E-state index is 0.246. The number of hydrogen-bond acceptors (Lipinski definition) is 6. The topological polar surface area (TPSA) is 74.6 Å². The zero-order chi connectivity index (χ0) is 22.5. The molecule has 2 N–H and O–H groups in total. The standard InChI is InChI=1S/C24H25FN6OS/c1-14-11-31-13-18(9-19(25)22(31)27-14)28-23(32)20-8-16-4-5-21(29-24(16)33-20)30-7-6-17(12-30)26-10-15-2-3-15/h4-5,8-9,11,13,15,17,26H,2-3,6-7,10,12H2,1H3,(H,28,32)/t17-/m0/s1. The van der Waals surface area contributed by atoms with E-state index in [-0.39, 0.29) is 11.6 Å². The van der Waals surface area contributed by atoms with Crippen molar-refractivity contribution < 1.29 is 9.18 Å². The number of halogens is 1. The van der Waals surface area contributed by atoms with Crippen LogP contribution in [-0.2, 0) is 0 Å². The first kappa shape index (κ1) is 20.6. The number of nitrogens with one attached hydrogen (secondary N) is 2. The van der Waals surface area contributed by atoms with Gasteiger partial charge in [0.25, 0.3) is 5.91 Å². The molecule has 9 heteroatoms. The second-order valence-electron chi connectivity index (χ2n) is 9.10. The van der Waals surface area contributed by atoms with Gasteiger partial charge in [-0.05, 0) is 56.8 Å². The maximum Gasteiger partial charge on any atom is 0.265 e. The molecular formula is C24H25FN6OS. The predicted octanol–water partition coefficient (Wildman–Crippen LogP) is 4.22. The molecular weight excluding hydrogens is 439 g/mol. The third-order valence-corrected chi connectivity index (χ3v) is 7.42. The largest absolute Gasteiger partial charge is 0.355 e. The monoisotopic (exact) mass is 464 g/mol. The van der Waals surface area contributed by atoms with E-state index in [2.05, 4.69) is 20.5 Å². The number of amides is 1. The molecule has 0 bridgehead atoms. The Hall–Kier alpha value is -3.04. The molecule has 0 spiro atoms. The fourth-order valence-electron chi connectivity index (χ4n) is 4.43. The Kier molecular flexibility index (Phi) is 5.03. The van der Waals surface area contributed by atoms with Crippen LogP contribution in [0.15, 0.2) is 36.7 Å². The van der Waals surface area contributed by atoms with Gasteiger partial charge in [0, 0.05) is 43.0 Å². The molecule has 4 aromatic heterocycles. The Bertz CT molecular complexity index is 1360. The molecule has 33 heavy (non-hydrogen) atoms. The number of anilines is 2. The Labute approximate surface area is 194 Å². The number of nitrogens with zero attached hydrogens (tertiary/aromatic N) is 4. The number of carbonyl (C=O) groups excluding carboxylic acids is 1. The van der Waals surface area contributed by atoms with Crippen LogP contribution in [0, 0.1) is 18.7 Å². The van der Waals surface area contributed by atoms with Gasteiger partial charge < -0.3 is 19.9 Å². The van der Waals surface area contributed by atoms with Gasteiger partial charge in [0.15, 0.2) is 11.5 Å². The number of aromatic nitrogens is 3. The van der Waals surface area contributed by atoms with Crippen LogP contribution in [0.2, 0.25) is 0 Å². The van der Waals surface area contributed by atoms with E-state index in [9.17, 15) is 9.18 Å². The lowest BCUT2D eigenvalue weighted by Crippen LogP contribution is -2.34. The predicted molar refractivity (Wildman–Crippen MR) is 129 cm³/mol. The molecule has 1 atom stereocenters. The third kappa shape index (κ3) is 4.18. The van der Waals surface area contributed by atoms with Crippen LogP contribution in [0.5, 0.6) is 0 Å². The highest BCUT2D eigenvalue weighted by Gasteiger charge is 2.27. The summed E-state index contributed by atoms with van der Waals surface area (Å²) in [6, 6.07) is 7.71. The molecule has 6 rings (SSSR count). The fraction of sp³-hybridized carbons (Fsp3) is 0.375. The number of imidazole rings is 1. The summed E-state index contributed by atoms with van der Waals surface area (Å²) < 4.78 is 15.9. The first-order chi connectivity index (χ1) is 16.0. The zero-order valence-electron chi connectivity index (χ0n) is 18.3. The number of pyridine rings is 2. The van der Waals surface area contributed by atoms with E-state index >= 15 is 0 Å². The van der Waals surface area contributed by atoms with Crippen molar-refractivity contribution in [3.63, 3.8) is 0 Å². The van der Waals surface area contributed by atoms with Gasteiger partial charge in [-0.3, -0.25) is 4.79 Å². The molecule has 1 aliphatic carbocycles. The molecule has 5 heterocycles. The second kappa shape index (κ2) is 8.07. The number of carbonyl (C=O) groups is 1. The zero-order valence-corrected chi connectivity index (χ0v) is 19.2. The van der Waals surface area contributed by atoms with Crippen molar-refractivity contribution in [2.75, 3.05) is 29.9 Å². The van der Waals surface area contributed by atoms with Gasteiger partial charge in [-0.15, -0.1) is 11.3 Å². The van der Waals surface area contributed by atoms with Crippen LogP contribution >= 0.6 is 11.3 Å². The summed E-state index contributed by atoms with van der Waals surface area (Å²) in [6.07, 6.45) is 7.25. The Morgan fingerprint density at radius 2 is 2.09 bits per heavy atom. The molecule has 4 aromatic rings. The SMILES string of the molecule is Cc1cn2cc(NC(=O)c3cc4ccc(N5CC[C@H](NCC6CC6)C5)nc4s3)cc(F)c2n1. The minimum Gasteiger partial charge on any atom is -0.355 e. The average Bonchev–Trinajstić information content (AvgIpc) is 3.18. The molecule has 0 aromatic carbocycles. The number of fused-ring (bicyclic) bond motifs is 2. The van der Waals surface area contributed by atoms with Crippen molar-refractivity contribution >= 4 is 44.6 Å². The molecule has 2 aliphatic rings. The lowest BCUT2D eigenvalue weighted by Gasteiger charge is -2.18. The van der Waals surface area contributed by atoms with E-state index in [4.69, 9.17) is 4.98 Å². The molecule has 2 fully saturated rings. The summed E-state index contributed by atoms with van der Waals surface area (Å²) in [5.74, 6) is 1.08. The van der Waals surface area contributed by atoms with E-state index in [1.165, 1.54) is 30.2 Å². The lowest BCUT2D eigenvalue weighted by molar-refractivity contribution is 0.103. The van der Waals surface area contributed by atoms with Crippen LogP contribution in [0.1, 0.15) is 34.6 Å². The van der Waals surface area contributed by atoms with Crippen molar-refractivity contribution in [3.05, 3.63) is 53.0 Å². The molecule has 0 radical (unpaired) electrons. The Balaban J connectivity index is 1.17. The number of thiophene rings is 1. The average molecular weight is 465 g/mol. The van der Waals surface area contributed by atoms with E-state index in [0.29, 0.717) is 22.3 Å². The van der Waals surface area contributed by atoms with Crippen molar-refractivity contribution in [1.82, 2.24) is 19.7 Å². The van der Waals surface area contributed by atoms with Crippen LogP contribution < -0.4 is 15.5 Å².